The molecule has 0 radical (unpaired) electrons. The lowest BCUT2D eigenvalue weighted by atomic mass is 9.96. The third-order valence-corrected chi connectivity index (χ3v) is 7.20. The second kappa shape index (κ2) is 8.31. The summed E-state index contributed by atoms with van der Waals surface area (Å²) in [6, 6.07) is 4.55. The zero-order chi connectivity index (χ0) is 21.3. The Balaban J connectivity index is 2.01. The number of carbonyl (C=O) groups excluding carboxylic acids is 2. The number of hydrogen-bond donors (Lipinski definition) is 1. The first-order chi connectivity index (χ1) is 13.6. The molecule has 9 heteroatoms. The van der Waals surface area contributed by atoms with Gasteiger partial charge in [0.05, 0.1) is 16.3 Å². The zero-order valence-corrected chi connectivity index (χ0v) is 18.3. The van der Waals surface area contributed by atoms with E-state index in [1.165, 1.54) is 25.1 Å². The number of amides is 2. The SMILES string of the molecule is CC(C)CNC(=O)CN1C(=O)C2CCCCN2c2ccc(S(=O)(=O)N(C)C)cc21. The topological polar surface area (TPSA) is 90.0 Å². The Morgan fingerprint density at radius 2 is 1.97 bits per heavy atom. The molecule has 0 spiro atoms. The van der Waals surface area contributed by atoms with Crippen molar-refractivity contribution in [3.05, 3.63) is 18.2 Å². The molecule has 3 rings (SSSR count). The molecule has 29 heavy (non-hydrogen) atoms. The van der Waals surface area contributed by atoms with E-state index in [1.54, 1.807) is 12.1 Å². The maximum atomic E-state index is 13.2. The molecule has 2 aliphatic rings. The molecule has 2 amide bonds. The standard InChI is InChI=1S/C20H30N4O4S/c1-14(2)12-21-19(25)13-24-18-11-15(29(27,28)22(3)4)8-9-16(18)23-10-6-5-7-17(23)20(24)26/h8-9,11,14,17H,5-7,10,12-13H2,1-4H3,(H,21,25). The summed E-state index contributed by atoms with van der Waals surface area (Å²) in [6.45, 7) is 5.16. The molecule has 2 heterocycles. The van der Waals surface area contributed by atoms with Crippen molar-refractivity contribution in [2.24, 2.45) is 5.92 Å². The molecule has 1 N–H and O–H groups in total. The van der Waals surface area contributed by atoms with Gasteiger partial charge in [0.1, 0.15) is 12.6 Å². The van der Waals surface area contributed by atoms with Crippen LogP contribution in [0, 0.1) is 5.92 Å². The van der Waals surface area contributed by atoms with Crippen molar-refractivity contribution in [3.8, 4) is 0 Å². The highest BCUT2D eigenvalue weighted by Gasteiger charge is 2.40. The van der Waals surface area contributed by atoms with Crippen molar-refractivity contribution < 1.29 is 18.0 Å². The number of nitrogens with one attached hydrogen (secondary N) is 1. The average molecular weight is 423 g/mol. The average Bonchev–Trinajstić information content (AvgIpc) is 2.69. The molecule has 160 valence electrons. The maximum Gasteiger partial charge on any atom is 0.250 e. The normalized spacial score (nSPS) is 19.4. The molecule has 0 aromatic heterocycles. The number of rotatable bonds is 6. The summed E-state index contributed by atoms with van der Waals surface area (Å²) in [4.78, 5) is 29.3. The fourth-order valence-corrected chi connectivity index (χ4v) is 4.71. The fraction of sp³-hybridized carbons (Fsp3) is 0.600. The molecule has 1 saturated heterocycles. The van der Waals surface area contributed by atoms with Crippen LogP contribution in [0.4, 0.5) is 11.4 Å². The Labute approximate surface area is 172 Å². The first-order valence-corrected chi connectivity index (χ1v) is 11.5. The number of carbonyl (C=O) groups is 2. The van der Waals surface area contributed by atoms with Crippen molar-refractivity contribution in [3.63, 3.8) is 0 Å². The van der Waals surface area contributed by atoms with E-state index >= 15 is 0 Å². The summed E-state index contributed by atoms with van der Waals surface area (Å²) >= 11 is 0. The minimum Gasteiger partial charge on any atom is -0.358 e. The van der Waals surface area contributed by atoms with E-state index in [-0.39, 0.29) is 29.3 Å². The van der Waals surface area contributed by atoms with Crippen LogP contribution in [-0.2, 0) is 19.6 Å². The van der Waals surface area contributed by atoms with E-state index in [0.29, 0.717) is 18.2 Å². The van der Waals surface area contributed by atoms with Gasteiger partial charge in [-0.15, -0.1) is 0 Å². The first-order valence-electron chi connectivity index (χ1n) is 10.0. The smallest absolute Gasteiger partial charge is 0.250 e. The fourth-order valence-electron chi connectivity index (χ4n) is 3.79. The number of hydrogen-bond acceptors (Lipinski definition) is 5. The number of piperidine rings is 1. The van der Waals surface area contributed by atoms with Crippen LogP contribution in [-0.4, -0.2) is 64.3 Å². The lowest BCUT2D eigenvalue weighted by Gasteiger charge is -2.45. The third-order valence-electron chi connectivity index (χ3n) is 5.39. The summed E-state index contributed by atoms with van der Waals surface area (Å²) < 4.78 is 26.4. The van der Waals surface area contributed by atoms with E-state index < -0.39 is 10.0 Å². The molecule has 8 nitrogen and oxygen atoms in total. The predicted octanol–water partition coefficient (Wildman–Crippen LogP) is 1.41. The van der Waals surface area contributed by atoms with Crippen molar-refractivity contribution >= 4 is 33.2 Å². The van der Waals surface area contributed by atoms with E-state index in [0.717, 1.165) is 35.8 Å². The quantitative estimate of drug-likeness (QED) is 0.749. The Morgan fingerprint density at radius 3 is 2.62 bits per heavy atom. The van der Waals surface area contributed by atoms with Crippen molar-refractivity contribution in [1.82, 2.24) is 9.62 Å². The summed E-state index contributed by atoms with van der Waals surface area (Å²) in [7, 11) is -0.714. The molecular formula is C20H30N4O4S. The monoisotopic (exact) mass is 422 g/mol. The number of fused-ring (bicyclic) bond motifs is 3. The molecule has 1 atom stereocenters. The van der Waals surface area contributed by atoms with Gasteiger partial charge in [-0.25, -0.2) is 12.7 Å². The lowest BCUT2D eigenvalue weighted by molar-refractivity contribution is -0.125. The minimum atomic E-state index is -3.65. The Bertz CT molecular complexity index is 898. The number of sulfonamides is 1. The van der Waals surface area contributed by atoms with Crippen molar-refractivity contribution in [2.45, 2.75) is 44.0 Å². The zero-order valence-electron chi connectivity index (χ0n) is 17.5. The predicted molar refractivity (Wildman–Crippen MR) is 113 cm³/mol. The molecule has 0 bridgehead atoms. The van der Waals surface area contributed by atoms with Gasteiger partial charge in [0.2, 0.25) is 21.8 Å². The first kappa shape index (κ1) is 21.6. The van der Waals surface area contributed by atoms with Crippen LogP contribution in [0.1, 0.15) is 33.1 Å². The van der Waals surface area contributed by atoms with Crippen LogP contribution in [0.25, 0.3) is 0 Å². The van der Waals surface area contributed by atoms with E-state index in [9.17, 15) is 18.0 Å². The molecule has 1 fully saturated rings. The van der Waals surface area contributed by atoms with Gasteiger partial charge in [-0.1, -0.05) is 13.8 Å². The van der Waals surface area contributed by atoms with Gasteiger partial charge >= 0.3 is 0 Å². The van der Waals surface area contributed by atoms with E-state index in [2.05, 4.69) is 10.2 Å². The van der Waals surface area contributed by atoms with E-state index in [1.807, 2.05) is 13.8 Å². The highest BCUT2D eigenvalue weighted by atomic mass is 32.2. The second-order valence-corrected chi connectivity index (χ2v) is 10.4. The van der Waals surface area contributed by atoms with Crippen LogP contribution in [0.2, 0.25) is 0 Å². The van der Waals surface area contributed by atoms with E-state index in [4.69, 9.17) is 0 Å². The highest BCUT2D eigenvalue weighted by Crippen LogP contribution is 2.40. The number of anilines is 2. The third kappa shape index (κ3) is 4.25. The molecule has 0 saturated carbocycles. The molecular weight excluding hydrogens is 392 g/mol. The van der Waals surface area contributed by atoms with Crippen LogP contribution in [0.5, 0.6) is 0 Å². The van der Waals surface area contributed by atoms with Crippen LogP contribution in [0.15, 0.2) is 23.1 Å². The van der Waals surface area contributed by atoms with Gasteiger partial charge in [0.15, 0.2) is 0 Å². The largest absolute Gasteiger partial charge is 0.358 e. The molecule has 1 unspecified atom stereocenters. The van der Waals surface area contributed by atoms with Crippen LogP contribution in [0.3, 0.4) is 0 Å². The number of nitrogens with zero attached hydrogens (tertiary/aromatic N) is 3. The lowest BCUT2D eigenvalue weighted by Crippen LogP contribution is -2.57. The highest BCUT2D eigenvalue weighted by molar-refractivity contribution is 7.89. The van der Waals surface area contributed by atoms with Crippen LogP contribution >= 0.6 is 0 Å². The Morgan fingerprint density at radius 1 is 1.24 bits per heavy atom. The second-order valence-electron chi connectivity index (χ2n) is 8.27. The van der Waals surface area contributed by atoms with Gasteiger partial charge in [-0.05, 0) is 43.4 Å². The summed E-state index contributed by atoms with van der Waals surface area (Å²) in [5.74, 6) is -0.0895. The van der Waals surface area contributed by atoms with Gasteiger partial charge in [-0.3, -0.25) is 14.5 Å². The van der Waals surface area contributed by atoms with Crippen molar-refractivity contribution in [2.75, 3.05) is 43.5 Å². The summed E-state index contributed by atoms with van der Waals surface area (Å²) in [6.07, 6.45) is 2.68. The van der Waals surface area contributed by atoms with Gasteiger partial charge in [-0.2, -0.15) is 0 Å². The maximum absolute atomic E-state index is 13.2. The van der Waals surface area contributed by atoms with Crippen LogP contribution < -0.4 is 15.1 Å². The summed E-state index contributed by atoms with van der Waals surface area (Å²) in [5.41, 5.74) is 1.29. The summed E-state index contributed by atoms with van der Waals surface area (Å²) in [5, 5.41) is 2.84. The number of benzene rings is 1. The van der Waals surface area contributed by atoms with Gasteiger partial charge < -0.3 is 10.2 Å². The molecule has 0 aliphatic carbocycles. The Hall–Kier alpha value is -2.13. The molecule has 1 aromatic rings. The Kier molecular flexibility index (Phi) is 6.19. The van der Waals surface area contributed by atoms with Crippen molar-refractivity contribution in [1.29, 1.82) is 0 Å². The van der Waals surface area contributed by atoms with Gasteiger partial charge in [0, 0.05) is 27.2 Å². The van der Waals surface area contributed by atoms with Gasteiger partial charge in [0.25, 0.3) is 0 Å². The molecule has 1 aromatic carbocycles. The molecule has 2 aliphatic heterocycles. The minimum absolute atomic E-state index is 0.108.